The summed E-state index contributed by atoms with van der Waals surface area (Å²) >= 11 is 0. The van der Waals surface area contributed by atoms with Gasteiger partial charge >= 0.3 is 5.97 Å². The molecular weight excluding hydrogens is 377 g/mol. The zero-order chi connectivity index (χ0) is 21.0. The lowest BCUT2D eigenvalue weighted by molar-refractivity contribution is 0.0601. The van der Waals surface area contributed by atoms with Crippen molar-refractivity contribution < 1.29 is 18.7 Å². The normalized spacial score (nSPS) is 9.93. The third-order valence-electron chi connectivity index (χ3n) is 3.89. The topological polar surface area (TPSA) is 110 Å². The number of anilines is 1. The van der Waals surface area contributed by atoms with Crippen LogP contribution in [0.3, 0.4) is 0 Å². The number of terminal acetylenes is 1. The Morgan fingerprint density at radius 3 is 2.66 bits per heavy atom. The summed E-state index contributed by atoms with van der Waals surface area (Å²) < 4.78 is 20.1. The Morgan fingerprint density at radius 2 is 2.07 bits per heavy atom. The summed E-state index contributed by atoms with van der Waals surface area (Å²) in [6.45, 7) is 0. The minimum atomic E-state index is -0.842. The first kappa shape index (κ1) is 19.3. The number of rotatable bonds is 4. The molecule has 1 N–H and O–H groups in total. The second-order valence-corrected chi connectivity index (χ2v) is 5.66. The predicted octanol–water partition coefficient (Wildman–Crippen LogP) is 2.30. The number of nitrogens with one attached hydrogen (secondary N) is 1. The first-order valence-corrected chi connectivity index (χ1v) is 8.09. The van der Waals surface area contributed by atoms with Crippen molar-refractivity contribution in [2.45, 2.75) is 0 Å². The van der Waals surface area contributed by atoms with Crippen LogP contribution in [0.4, 0.5) is 10.1 Å². The van der Waals surface area contributed by atoms with Crippen molar-refractivity contribution in [1.82, 2.24) is 14.8 Å². The standard InChI is InChI=1S/C20H12FN5O3/c1-3-13-8-17(14(9-15(13)21)20(28)29-2)23-19(27)16-4-5-18(25-24-16)26-7-6-12(10-22)11-26/h1,4-9,11H,2H3,(H,23,27). The minimum absolute atomic E-state index is 0.0221. The molecule has 29 heavy (non-hydrogen) atoms. The lowest BCUT2D eigenvalue weighted by atomic mass is 10.1. The monoisotopic (exact) mass is 389 g/mol. The van der Waals surface area contributed by atoms with Gasteiger partial charge in [0.1, 0.15) is 11.9 Å². The van der Waals surface area contributed by atoms with Crippen LogP contribution in [0.1, 0.15) is 32.0 Å². The number of hydrogen-bond acceptors (Lipinski definition) is 6. The van der Waals surface area contributed by atoms with Crippen molar-refractivity contribution in [3.8, 4) is 24.2 Å². The number of ether oxygens (including phenoxy) is 1. The molecule has 2 aromatic heterocycles. The fourth-order valence-electron chi connectivity index (χ4n) is 2.44. The highest BCUT2D eigenvalue weighted by Crippen LogP contribution is 2.22. The van der Waals surface area contributed by atoms with Crippen molar-refractivity contribution in [1.29, 1.82) is 5.26 Å². The summed E-state index contributed by atoms with van der Waals surface area (Å²) in [6.07, 6.45) is 8.43. The van der Waals surface area contributed by atoms with Crippen molar-refractivity contribution in [2.75, 3.05) is 12.4 Å². The summed E-state index contributed by atoms with van der Waals surface area (Å²) in [6, 6.07) is 8.59. The van der Waals surface area contributed by atoms with Gasteiger partial charge in [0.25, 0.3) is 5.91 Å². The van der Waals surface area contributed by atoms with Gasteiger partial charge < -0.3 is 14.6 Å². The third-order valence-corrected chi connectivity index (χ3v) is 3.89. The number of halogens is 1. The molecule has 3 rings (SSSR count). The first-order valence-electron chi connectivity index (χ1n) is 8.09. The maximum Gasteiger partial charge on any atom is 0.340 e. The molecule has 0 saturated heterocycles. The predicted molar refractivity (Wildman–Crippen MR) is 99.7 cm³/mol. The van der Waals surface area contributed by atoms with Gasteiger partial charge in [0, 0.05) is 12.4 Å². The third kappa shape index (κ3) is 3.94. The van der Waals surface area contributed by atoms with Crippen molar-refractivity contribution in [3.05, 3.63) is 70.9 Å². The van der Waals surface area contributed by atoms with E-state index in [1.807, 2.05) is 6.07 Å². The molecule has 0 radical (unpaired) electrons. The molecule has 0 atom stereocenters. The van der Waals surface area contributed by atoms with Gasteiger partial charge in [-0.05, 0) is 30.3 Å². The van der Waals surface area contributed by atoms with E-state index in [4.69, 9.17) is 11.7 Å². The molecule has 2 heterocycles. The van der Waals surface area contributed by atoms with E-state index in [0.717, 1.165) is 19.2 Å². The van der Waals surface area contributed by atoms with Gasteiger partial charge in [-0.3, -0.25) is 4.79 Å². The van der Waals surface area contributed by atoms with E-state index in [1.165, 1.54) is 12.1 Å². The largest absolute Gasteiger partial charge is 0.465 e. The van der Waals surface area contributed by atoms with Gasteiger partial charge in [0.2, 0.25) is 0 Å². The highest BCUT2D eigenvalue weighted by atomic mass is 19.1. The Hall–Kier alpha value is -4.50. The van der Waals surface area contributed by atoms with Crippen LogP contribution < -0.4 is 5.32 Å². The number of methoxy groups -OCH3 is 1. The molecule has 0 aliphatic rings. The Balaban J connectivity index is 1.87. The Morgan fingerprint density at radius 1 is 1.28 bits per heavy atom. The summed E-state index contributed by atoms with van der Waals surface area (Å²) in [5.41, 5.74) is 0.0492. The van der Waals surface area contributed by atoms with Crippen LogP contribution >= 0.6 is 0 Å². The molecule has 0 spiro atoms. The molecule has 0 aliphatic heterocycles. The van der Waals surface area contributed by atoms with Crippen molar-refractivity contribution >= 4 is 17.6 Å². The van der Waals surface area contributed by atoms with Gasteiger partial charge in [-0.15, -0.1) is 16.6 Å². The van der Waals surface area contributed by atoms with Crippen LogP contribution in [0.15, 0.2) is 42.7 Å². The maximum absolute atomic E-state index is 13.9. The van der Waals surface area contributed by atoms with Crippen LogP contribution in [0, 0.1) is 29.5 Å². The zero-order valence-electron chi connectivity index (χ0n) is 15.0. The molecule has 0 unspecified atom stereocenters. The Bertz CT molecular complexity index is 1190. The highest BCUT2D eigenvalue weighted by Gasteiger charge is 2.19. The number of benzene rings is 1. The zero-order valence-corrected chi connectivity index (χ0v) is 15.0. The number of esters is 1. The molecule has 0 aliphatic carbocycles. The van der Waals surface area contributed by atoms with Crippen LogP contribution in [0.5, 0.6) is 0 Å². The second kappa shape index (κ2) is 8.03. The number of nitrogens with zero attached hydrogens (tertiary/aromatic N) is 4. The molecule has 1 amide bonds. The minimum Gasteiger partial charge on any atom is -0.465 e. The molecule has 0 fully saturated rings. The summed E-state index contributed by atoms with van der Waals surface area (Å²) in [5.74, 6) is 0.209. The fraction of sp³-hybridized carbons (Fsp3) is 0.0500. The summed E-state index contributed by atoms with van der Waals surface area (Å²) in [4.78, 5) is 24.4. The van der Waals surface area contributed by atoms with Gasteiger partial charge in [-0.2, -0.15) is 5.26 Å². The average molecular weight is 389 g/mol. The number of nitriles is 1. The molecule has 1 aromatic carbocycles. The summed E-state index contributed by atoms with van der Waals surface area (Å²) in [5, 5.41) is 19.1. The fourth-order valence-corrected chi connectivity index (χ4v) is 2.44. The lowest BCUT2D eigenvalue weighted by Crippen LogP contribution is -2.18. The van der Waals surface area contributed by atoms with Gasteiger partial charge in [0.15, 0.2) is 11.5 Å². The molecular formula is C20H12FN5O3. The Kier molecular flexibility index (Phi) is 5.33. The van der Waals surface area contributed by atoms with Crippen LogP contribution in [0.25, 0.3) is 5.82 Å². The quantitative estimate of drug-likeness (QED) is 0.542. The van der Waals surface area contributed by atoms with Crippen LogP contribution in [-0.4, -0.2) is 33.8 Å². The lowest BCUT2D eigenvalue weighted by Gasteiger charge is -2.11. The SMILES string of the molecule is C#Cc1cc(NC(=O)c2ccc(-n3ccc(C#N)c3)nn2)c(C(=O)OC)cc1F. The van der Waals surface area contributed by atoms with Gasteiger partial charge in [-0.25, -0.2) is 9.18 Å². The highest BCUT2D eigenvalue weighted by molar-refractivity contribution is 6.07. The van der Waals surface area contributed by atoms with Crippen LogP contribution in [-0.2, 0) is 4.74 Å². The molecule has 0 bridgehead atoms. The number of carbonyl (C=O) groups is 2. The number of amides is 1. The van der Waals surface area contributed by atoms with E-state index < -0.39 is 17.7 Å². The van der Waals surface area contributed by atoms with Crippen molar-refractivity contribution in [3.63, 3.8) is 0 Å². The van der Waals surface area contributed by atoms with E-state index in [1.54, 1.807) is 23.0 Å². The molecule has 3 aromatic rings. The Labute approximate surface area is 164 Å². The second-order valence-electron chi connectivity index (χ2n) is 5.66. The number of aromatic nitrogens is 3. The maximum atomic E-state index is 13.9. The van der Waals surface area contributed by atoms with Crippen molar-refractivity contribution in [2.24, 2.45) is 0 Å². The summed E-state index contributed by atoms with van der Waals surface area (Å²) in [7, 11) is 1.13. The van der Waals surface area contributed by atoms with E-state index in [-0.39, 0.29) is 22.5 Å². The van der Waals surface area contributed by atoms with E-state index in [0.29, 0.717) is 11.4 Å². The van der Waals surface area contributed by atoms with E-state index in [2.05, 4.69) is 26.2 Å². The number of carbonyl (C=O) groups excluding carboxylic acids is 2. The van der Waals surface area contributed by atoms with Gasteiger partial charge in [-0.1, -0.05) is 5.92 Å². The first-order chi connectivity index (χ1) is 14.0. The number of hydrogen-bond donors (Lipinski definition) is 1. The molecule has 9 heteroatoms. The molecule has 0 saturated carbocycles. The van der Waals surface area contributed by atoms with Gasteiger partial charge in [0.05, 0.1) is 29.5 Å². The molecule has 142 valence electrons. The van der Waals surface area contributed by atoms with Crippen LogP contribution in [0.2, 0.25) is 0 Å². The van der Waals surface area contributed by atoms with E-state index >= 15 is 0 Å². The van der Waals surface area contributed by atoms with E-state index in [9.17, 15) is 14.0 Å². The smallest absolute Gasteiger partial charge is 0.340 e. The average Bonchev–Trinajstić information content (AvgIpc) is 3.23. The molecule has 8 nitrogen and oxygen atoms in total.